The lowest BCUT2D eigenvalue weighted by atomic mass is 9.69. The SMILES string of the molecule is CC1(C)CC(=O)C2=C(C1)N(c1ccccc1Br)C(=O)CC2c1ccc([N+](=O)[O-])cc1. The first-order valence-corrected chi connectivity index (χ1v) is 10.6. The van der Waals surface area contributed by atoms with Crippen LogP contribution in [-0.4, -0.2) is 16.6 Å². The Labute approximate surface area is 182 Å². The fourth-order valence-corrected chi connectivity index (χ4v) is 4.90. The first-order chi connectivity index (χ1) is 14.2. The molecule has 0 N–H and O–H groups in total. The van der Waals surface area contributed by atoms with Crippen molar-refractivity contribution in [3.63, 3.8) is 0 Å². The molecule has 0 spiro atoms. The minimum Gasteiger partial charge on any atom is -0.294 e. The molecule has 2 aromatic carbocycles. The van der Waals surface area contributed by atoms with Gasteiger partial charge in [-0.05, 0) is 45.5 Å². The minimum absolute atomic E-state index is 0.0129. The summed E-state index contributed by atoms with van der Waals surface area (Å²) < 4.78 is 0.787. The molecule has 4 rings (SSSR count). The van der Waals surface area contributed by atoms with E-state index in [0.29, 0.717) is 18.4 Å². The highest BCUT2D eigenvalue weighted by molar-refractivity contribution is 9.10. The van der Waals surface area contributed by atoms with Crippen molar-refractivity contribution in [1.29, 1.82) is 0 Å². The van der Waals surface area contributed by atoms with E-state index in [1.165, 1.54) is 12.1 Å². The van der Waals surface area contributed by atoms with Gasteiger partial charge < -0.3 is 0 Å². The summed E-state index contributed by atoms with van der Waals surface area (Å²) in [6.07, 6.45) is 1.15. The zero-order chi connectivity index (χ0) is 21.6. The van der Waals surface area contributed by atoms with E-state index in [0.717, 1.165) is 21.4 Å². The van der Waals surface area contributed by atoms with Crippen molar-refractivity contribution in [3.8, 4) is 0 Å². The maximum Gasteiger partial charge on any atom is 0.269 e. The van der Waals surface area contributed by atoms with Gasteiger partial charge in [-0.15, -0.1) is 0 Å². The van der Waals surface area contributed by atoms with Gasteiger partial charge >= 0.3 is 0 Å². The number of amides is 1. The molecule has 6 nitrogen and oxygen atoms in total. The van der Waals surface area contributed by atoms with E-state index in [-0.39, 0.29) is 29.2 Å². The van der Waals surface area contributed by atoms with Gasteiger partial charge in [0.05, 0.1) is 10.6 Å². The summed E-state index contributed by atoms with van der Waals surface area (Å²) in [6.45, 7) is 4.07. The van der Waals surface area contributed by atoms with Gasteiger partial charge in [0, 0.05) is 46.6 Å². The van der Waals surface area contributed by atoms with Crippen LogP contribution in [-0.2, 0) is 9.59 Å². The number of para-hydroxylation sites is 1. The number of rotatable bonds is 3. The number of ketones is 1. The molecule has 1 amide bonds. The summed E-state index contributed by atoms with van der Waals surface area (Å²) >= 11 is 3.54. The average molecular weight is 469 g/mol. The Bertz CT molecular complexity index is 1090. The molecule has 154 valence electrons. The topological polar surface area (TPSA) is 80.5 Å². The summed E-state index contributed by atoms with van der Waals surface area (Å²) in [5, 5.41) is 11.0. The van der Waals surface area contributed by atoms with Crippen LogP contribution in [0.2, 0.25) is 0 Å². The number of hydrogen-bond donors (Lipinski definition) is 0. The van der Waals surface area contributed by atoms with E-state index in [1.54, 1.807) is 17.0 Å². The predicted octanol–water partition coefficient (Wildman–Crippen LogP) is 5.52. The second-order valence-corrected chi connectivity index (χ2v) is 9.44. The standard InChI is InChI=1S/C23H21BrN2O4/c1-23(2)12-19-22(20(27)13-23)16(14-7-9-15(10-8-14)26(29)30)11-21(28)25(19)18-6-4-3-5-17(18)24/h3-10,16H,11-13H2,1-2H3. The molecular weight excluding hydrogens is 448 g/mol. The quantitative estimate of drug-likeness (QED) is 0.438. The van der Waals surface area contributed by atoms with Crippen molar-refractivity contribution in [1.82, 2.24) is 0 Å². The van der Waals surface area contributed by atoms with Gasteiger partial charge in [0.1, 0.15) is 0 Å². The van der Waals surface area contributed by atoms with Gasteiger partial charge in [0.15, 0.2) is 5.78 Å². The van der Waals surface area contributed by atoms with Gasteiger partial charge in [-0.1, -0.05) is 38.1 Å². The van der Waals surface area contributed by atoms with Crippen molar-refractivity contribution in [2.45, 2.75) is 39.0 Å². The van der Waals surface area contributed by atoms with Crippen LogP contribution in [0.3, 0.4) is 0 Å². The van der Waals surface area contributed by atoms with Crippen LogP contribution in [0.5, 0.6) is 0 Å². The molecule has 1 aliphatic carbocycles. The normalized spacial score (nSPS) is 20.9. The molecule has 0 fully saturated rings. The fourth-order valence-electron chi connectivity index (χ4n) is 4.44. The molecule has 30 heavy (non-hydrogen) atoms. The Balaban J connectivity index is 1.88. The number of carbonyl (C=O) groups is 2. The van der Waals surface area contributed by atoms with Crippen LogP contribution in [0.25, 0.3) is 0 Å². The second kappa shape index (κ2) is 7.47. The van der Waals surface area contributed by atoms with Crippen LogP contribution < -0.4 is 4.90 Å². The largest absolute Gasteiger partial charge is 0.294 e. The van der Waals surface area contributed by atoms with Gasteiger partial charge in [-0.3, -0.25) is 24.6 Å². The molecule has 0 radical (unpaired) electrons. The van der Waals surface area contributed by atoms with Crippen molar-refractivity contribution in [2.24, 2.45) is 5.41 Å². The summed E-state index contributed by atoms with van der Waals surface area (Å²) in [7, 11) is 0. The molecule has 1 unspecified atom stereocenters. The summed E-state index contributed by atoms with van der Waals surface area (Å²) in [4.78, 5) is 38.8. The number of nitro groups is 1. The maximum atomic E-state index is 13.3. The number of allylic oxidation sites excluding steroid dienone is 2. The Morgan fingerprint density at radius 2 is 1.73 bits per heavy atom. The second-order valence-electron chi connectivity index (χ2n) is 8.59. The van der Waals surface area contributed by atoms with Crippen LogP contribution >= 0.6 is 15.9 Å². The first kappa shape index (κ1) is 20.5. The molecule has 0 saturated heterocycles. The number of Topliss-reactive ketones (excluding diaryl/α,β-unsaturated/α-hetero) is 1. The highest BCUT2D eigenvalue weighted by Gasteiger charge is 2.44. The van der Waals surface area contributed by atoms with Crippen LogP contribution in [0.1, 0.15) is 44.6 Å². The molecule has 1 aliphatic heterocycles. The lowest BCUT2D eigenvalue weighted by Gasteiger charge is -2.43. The van der Waals surface area contributed by atoms with Gasteiger partial charge in [-0.25, -0.2) is 0 Å². The molecule has 2 aromatic rings. The van der Waals surface area contributed by atoms with E-state index in [9.17, 15) is 19.7 Å². The van der Waals surface area contributed by atoms with Gasteiger partial charge in [0.25, 0.3) is 5.69 Å². The number of nitrogens with zero attached hydrogens (tertiary/aromatic N) is 2. The Hall–Kier alpha value is -2.80. The van der Waals surface area contributed by atoms with Gasteiger partial charge in [-0.2, -0.15) is 0 Å². The van der Waals surface area contributed by atoms with Gasteiger partial charge in [0.2, 0.25) is 5.91 Å². The Kier molecular flexibility index (Phi) is 5.10. The number of benzene rings is 2. The number of hydrogen-bond acceptors (Lipinski definition) is 4. The van der Waals surface area contributed by atoms with E-state index in [2.05, 4.69) is 15.9 Å². The molecule has 0 saturated carbocycles. The molecule has 0 bridgehead atoms. The summed E-state index contributed by atoms with van der Waals surface area (Å²) in [6, 6.07) is 13.7. The highest BCUT2D eigenvalue weighted by atomic mass is 79.9. The number of nitro benzene ring substituents is 1. The highest BCUT2D eigenvalue weighted by Crippen LogP contribution is 2.49. The third-order valence-corrected chi connectivity index (χ3v) is 6.41. The number of non-ortho nitro benzene ring substituents is 1. The number of anilines is 1. The molecule has 2 aliphatic rings. The van der Waals surface area contributed by atoms with Crippen molar-refractivity contribution in [2.75, 3.05) is 4.90 Å². The van der Waals surface area contributed by atoms with Crippen LogP contribution in [0, 0.1) is 15.5 Å². The van der Waals surface area contributed by atoms with Crippen molar-refractivity contribution < 1.29 is 14.5 Å². The maximum absolute atomic E-state index is 13.3. The third-order valence-electron chi connectivity index (χ3n) is 5.74. The fraction of sp³-hybridized carbons (Fsp3) is 0.304. The monoisotopic (exact) mass is 468 g/mol. The zero-order valence-electron chi connectivity index (χ0n) is 16.7. The first-order valence-electron chi connectivity index (χ1n) is 9.76. The molecule has 1 atom stereocenters. The molecule has 0 aromatic heterocycles. The van der Waals surface area contributed by atoms with Crippen molar-refractivity contribution in [3.05, 3.63) is 80.0 Å². The lowest BCUT2D eigenvalue weighted by molar-refractivity contribution is -0.384. The van der Waals surface area contributed by atoms with Crippen LogP contribution in [0.15, 0.2) is 64.3 Å². The number of carbonyl (C=O) groups excluding carboxylic acids is 2. The van der Waals surface area contributed by atoms with Crippen LogP contribution in [0.4, 0.5) is 11.4 Å². The van der Waals surface area contributed by atoms with E-state index in [1.807, 2.05) is 38.1 Å². The predicted molar refractivity (Wildman–Crippen MR) is 117 cm³/mol. The zero-order valence-corrected chi connectivity index (χ0v) is 18.3. The Morgan fingerprint density at radius 3 is 2.37 bits per heavy atom. The van der Waals surface area contributed by atoms with Crippen molar-refractivity contribution >= 4 is 39.0 Å². The minimum atomic E-state index is -0.455. The number of halogens is 1. The van der Waals surface area contributed by atoms with E-state index >= 15 is 0 Å². The Morgan fingerprint density at radius 1 is 1.07 bits per heavy atom. The average Bonchev–Trinajstić information content (AvgIpc) is 2.67. The van der Waals surface area contributed by atoms with E-state index in [4.69, 9.17) is 0 Å². The third kappa shape index (κ3) is 3.58. The molecule has 7 heteroatoms. The smallest absolute Gasteiger partial charge is 0.269 e. The molecular formula is C23H21BrN2O4. The van der Waals surface area contributed by atoms with E-state index < -0.39 is 10.8 Å². The lowest BCUT2D eigenvalue weighted by Crippen LogP contribution is -2.43. The molecule has 1 heterocycles. The summed E-state index contributed by atoms with van der Waals surface area (Å²) in [5.41, 5.74) is 2.60. The summed E-state index contributed by atoms with van der Waals surface area (Å²) in [5.74, 6) is -0.445.